The van der Waals surface area contributed by atoms with E-state index in [0.29, 0.717) is 29.8 Å². The molecule has 4 nitrogen and oxygen atoms in total. The SMILES string of the molecule is CC(C)CCOc1ccccc1CNC(=O)c1ccnc(Cl)c1. The number of ether oxygens (including phenoxy) is 1. The van der Waals surface area contributed by atoms with Crippen molar-refractivity contribution in [3.05, 3.63) is 58.9 Å². The van der Waals surface area contributed by atoms with Crippen molar-refractivity contribution >= 4 is 17.5 Å². The first-order chi connectivity index (χ1) is 11.1. The Balaban J connectivity index is 1.96. The van der Waals surface area contributed by atoms with Crippen LogP contribution < -0.4 is 10.1 Å². The summed E-state index contributed by atoms with van der Waals surface area (Å²) in [5.74, 6) is 1.21. The van der Waals surface area contributed by atoms with Crippen LogP contribution in [0.5, 0.6) is 5.75 Å². The van der Waals surface area contributed by atoms with Gasteiger partial charge in [-0.1, -0.05) is 43.6 Å². The molecule has 0 aliphatic rings. The fourth-order valence-corrected chi connectivity index (χ4v) is 2.19. The Labute approximate surface area is 141 Å². The van der Waals surface area contributed by atoms with Crippen molar-refractivity contribution in [2.24, 2.45) is 5.92 Å². The van der Waals surface area contributed by atoms with E-state index in [2.05, 4.69) is 24.1 Å². The van der Waals surface area contributed by atoms with Gasteiger partial charge in [0, 0.05) is 23.9 Å². The fourth-order valence-electron chi connectivity index (χ4n) is 2.02. The van der Waals surface area contributed by atoms with Gasteiger partial charge in [-0.3, -0.25) is 4.79 Å². The van der Waals surface area contributed by atoms with E-state index in [1.807, 2.05) is 24.3 Å². The molecule has 0 fully saturated rings. The summed E-state index contributed by atoms with van der Waals surface area (Å²) in [6.45, 7) is 5.39. The number of rotatable bonds is 7. The Kier molecular flexibility index (Phi) is 6.41. The maximum Gasteiger partial charge on any atom is 0.251 e. The van der Waals surface area contributed by atoms with Gasteiger partial charge in [-0.25, -0.2) is 4.98 Å². The average Bonchev–Trinajstić information content (AvgIpc) is 2.53. The van der Waals surface area contributed by atoms with Gasteiger partial charge >= 0.3 is 0 Å². The molecule has 23 heavy (non-hydrogen) atoms. The number of halogens is 1. The van der Waals surface area contributed by atoms with E-state index in [1.165, 1.54) is 6.20 Å². The van der Waals surface area contributed by atoms with E-state index in [9.17, 15) is 4.79 Å². The van der Waals surface area contributed by atoms with Crippen molar-refractivity contribution in [1.82, 2.24) is 10.3 Å². The van der Waals surface area contributed by atoms with Crippen LogP contribution in [0, 0.1) is 5.92 Å². The van der Waals surface area contributed by atoms with Crippen LogP contribution in [0.4, 0.5) is 0 Å². The fraction of sp³-hybridized carbons (Fsp3) is 0.333. The lowest BCUT2D eigenvalue weighted by atomic mass is 10.1. The highest BCUT2D eigenvalue weighted by Gasteiger charge is 2.09. The largest absolute Gasteiger partial charge is 0.493 e. The standard InChI is InChI=1S/C18H21ClN2O2/c1-13(2)8-10-23-16-6-4-3-5-15(16)12-21-18(22)14-7-9-20-17(19)11-14/h3-7,9,11,13H,8,10,12H2,1-2H3,(H,21,22). The zero-order chi connectivity index (χ0) is 16.7. The molecule has 1 aromatic carbocycles. The van der Waals surface area contributed by atoms with Crippen molar-refractivity contribution in [2.75, 3.05) is 6.61 Å². The van der Waals surface area contributed by atoms with Gasteiger partial charge in [0.1, 0.15) is 10.9 Å². The molecule has 0 aliphatic heterocycles. The van der Waals surface area contributed by atoms with Crippen LogP contribution in [0.25, 0.3) is 0 Å². The molecule has 1 heterocycles. The van der Waals surface area contributed by atoms with Crippen LogP contribution in [-0.4, -0.2) is 17.5 Å². The summed E-state index contributed by atoms with van der Waals surface area (Å²) in [5.41, 5.74) is 1.44. The predicted molar refractivity (Wildman–Crippen MR) is 91.8 cm³/mol. The second-order valence-electron chi connectivity index (χ2n) is 5.69. The Bertz CT molecular complexity index is 659. The number of pyridine rings is 1. The minimum Gasteiger partial charge on any atom is -0.493 e. The molecule has 2 rings (SSSR count). The predicted octanol–water partition coefficient (Wildman–Crippen LogP) is 4.09. The van der Waals surface area contributed by atoms with E-state index >= 15 is 0 Å². The molecule has 5 heteroatoms. The number of carbonyl (C=O) groups is 1. The molecule has 0 atom stereocenters. The van der Waals surface area contributed by atoms with Crippen molar-refractivity contribution in [3.8, 4) is 5.75 Å². The molecule has 0 saturated carbocycles. The highest BCUT2D eigenvalue weighted by molar-refractivity contribution is 6.29. The maximum absolute atomic E-state index is 12.1. The minimum atomic E-state index is -0.189. The number of hydrogen-bond donors (Lipinski definition) is 1. The summed E-state index contributed by atoms with van der Waals surface area (Å²) in [7, 11) is 0. The van der Waals surface area contributed by atoms with E-state index < -0.39 is 0 Å². The summed E-state index contributed by atoms with van der Waals surface area (Å²) in [6.07, 6.45) is 2.51. The normalized spacial score (nSPS) is 10.6. The highest BCUT2D eigenvalue weighted by Crippen LogP contribution is 2.19. The monoisotopic (exact) mass is 332 g/mol. The number of benzene rings is 1. The molecule has 1 N–H and O–H groups in total. The Morgan fingerprint density at radius 2 is 2.09 bits per heavy atom. The van der Waals surface area contributed by atoms with Crippen LogP contribution >= 0.6 is 11.6 Å². The number of nitrogens with one attached hydrogen (secondary N) is 1. The molecule has 122 valence electrons. The minimum absolute atomic E-state index is 0.189. The summed E-state index contributed by atoms with van der Waals surface area (Å²) >= 11 is 5.80. The molecule has 0 bridgehead atoms. The molecule has 0 unspecified atom stereocenters. The van der Waals surface area contributed by atoms with Crippen LogP contribution in [0.3, 0.4) is 0 Å². The molecular formula is C18H21ClN2O2. The lowest BCUT2D eigenvalue weighted by molar-refractivity contribution is 0.0950. The van der Waals surface area contributed by atoms with Gasteiger partial charge in [0.15, 0.2) is 0 Å². The highest BCUT2D eigenvalue weighted by atomic mass is 35.5. The van der Waals surface area contributed by atoms with Crippen molar-refractivity contribution in [2.45, 2.75) is 26.8 Å². The van der Waals surface area contributed by atoms with Gasteiger partial charge in [-0.2, -0.15) is 0 Å². The quantitative estimate of drug-likeness (QED) is 0.777. The average molecular weight is 333 g/mol. The first-order valence-electron chi connectivity index (χ1n) is 7.66. The third-order valence-corrected chi connectivity index (χ3v) is 3.56. The zero-order valence-corrected chi connectivity index (χ0v) is 14.1. The van der Waals surface area contributed by atoms with Gasteiger partial charge < -0.3 is 10.1 Å². The van der Waals surface area contributed by atoms with Gasteiger partial charge in [0.05, 0.1) is 6.61 Å². The van der Waals surface area contributed by atoms with Crippen molar-refractivity contribution in [1.29, 1.82) is 0 Å². The summed E-state index contributed by atoms with van der Waals surface area (Å²) < 4.78 is 5.82. The van der Waals surface area contributed by atoms with E-state index in [1.54, 1.807) is 12.1 Å². The molecule has 0 saturated heterocycles. The van der Waals surface area contributed by atoms with E-state index in [4.69, 9.17) is 16.3 Å². The third-order valence-electron chi connectivity index (χ3n) is 3.35. The maximum atomic E-state index is 12.1. The second-order valence-corrected chi connectivity index (χ2v) is 6.08. The summed E-state index contributed by atoms with van der Waals surface area (Å²) in [5, 5.41) is 3.18. The molecule has 0 radical (unpaired) electrons. The third kappa shape index (κ3) is 5.57. The van der Waals surface area contributed by atoms with E-state index in [0.717, 1.165) is 17.7 Å². The van der Waals surface area contributed by atoms with Crippen molar-refractivity contribution < 1.29 is 9.53 Å². The van der Waals surface area contributed by atoms with Crippen molar-refractivity contribution in [3.63, 3.8) is 0 Å². The zero-order valence-electron chi connectivity index (χ0n) is 13.4. The molecule has 0 spiro atoms. The number of amides is 1. The molecule has 2 aromatic rings. The van der Waals surface area contributed by atoms with Gasteiger partial charge in [0.25, 0.3) is 5.91 Å². The van der Waals surface area contributed by atoms with Gasteiger partial charge in [-0.15, -0.1) is 0 Å². The molecule has 1 amide bonds. The molecule has 1 aromatic heterocycles. The number of para-hydroxylation sites is 1. The first kappa shape index (κ1) is 17.3. The summed E-state index contributed by atoms with van der Waals surface area (Å²) in [6, 6.07) is 10.9. The Morgan fingerprint density at radius 1 is 1.30 bits per heavy atom. The Hall–Kier alpha value is -2.07. The van der Waals surface area contributed by atoms with Crippen LogP contribution in [-0.2, 0) is 6.54 Å². The summed E-state index contributed by atoms with van der Waals surface area (Å²) in [4.78, 5) is 16.0. The second kappa shape index (κ2) is 8.53. The molecular weight excluding hydrogens is 312 g/mol. The molecule has 0 aliphatic carbocycles. The van der Waals surface area contributed by atoms with Gasteiger partial charge in [0.2, 0.25) is 0 Å². The Morgan fingerprint density at radius 3 is 2.83 bits per heavy atom. The number of carbonyl (C=O) groups excluding carboxylic acids is 1. The van der Waals surface area contributed by atoms with Crippen LogP contribution in [0.1, 0.15) is 36.2 Å². The topological polar surface area (TPSA) is 51.2 Å². The first-order valence-corrected chi connectivity index (χ1v) is 8.04. The lowest BCUT2D eigenvalue weighted by Gasteiger charge is -2.13. The number of nitrogens with zero attached hydrogens (tertiary/aromatic N) is 1. The number of aromatic nitrogens is 1. The smallest absolute Gasteiger partial charge is 0.251 e. The lowest BCUT2D eigenvalue weighted by Crippen LogP contribution is -2.23. The van der Waals surface area contributed by atoms with Gasteiger partial charge in [-0.05, 0) is 30.5 Å². The van der Waals surface area contributed by atoms with Crippen LogP contribution in [0.15, 0.2) is 42.6 Å². The van der Waals surface area contributed by atoms with E-state index in [-0.39, 0.29) is 5.91 Å². The number of hydrogen-bond acceptors (Lipinski definition) is 3. The van der Waals surface area contributed by atoms with Crippen LogP contribution in [0.2, 0.25) is 5.15 Å².